The molecule has 0 bridgehead atoms. The molecule has 4 rings (SSSR count). The molecule has 0 spiro atoms. The Labute approximate surface area is 175 Å². The van der Waals surface area contributed by atoms with Crippen molar-refractivity contribution in [2.75, 3.05) is 17.4 Å². The van der Waals surface area contributed by atoms with Gasteiger partial charge in [0.1, 0.15) is 0 Å². The molecule has 0 fully saturated rings. The van der Waals surface area contributed by atoms with Gasteiger partial charge in [-0.15, -0.1) is 11.3 Å². The van der Waals surface area contributed by atoms with Gasteiger partial charge >= 0.3 is 0 Å². The lowest BCUT2D eigenvalue weighted by Gasteiger charge is -2.08. The molecule has 0 atom stereocenters. The van der Waals surface area contributed by atoms with Crippen LogP contribution in [0.15, 0.2) is 41.8 Å². The monoisotopic (exact) mass is 429 g/mol. The number of nitrogens with zero attached hydrogens (tertiary/aromatic N) is 1. The fourth-order valence-electron chi connectivity index (χ4n) is 2.74. The second-order valence-corrected chi connectivity index (χ2v) is 7.64. The Morgan fingerprint density at radius 2 is 1.97 bits per heavy atom. The van der Waals surface area contributed by atoms with E-state index in [0.717, 1.165) is 5.56 Å². The minimum absolute atomic E-state index is 0.0857. The third kappa shape index (κ3) is 4.49. The molecule has 1 aliphatic rings. The fraction of sp³-hybridized carbons (Fsp3) is 0.150. The number of ether oxygens (including phenoxy) is 2. The van der Waals surface area contributed by atoms with Gasteiger partial charge < -0.3 is 14.8 Å². The minimum Gasteiger partial charge on any atom is -0.454 e. The van der Waals surface area contributed by atoms with Crippen LogP contribution in [0.2, 0.25) is 5.02 Å². The normalized spacial score (nSPS) is 11.9. The average molecular weight is 430 g/mol. The van der Waals surface area contributed by atoms with Crippen LogP contribution < -0.4 is 20.1 Å². The summed E-state index contributed by atoms with van der Waals surface area (Å²) in [6.07, 6.45) is 0.0857. The van der Waals surface area contributed by atoms with E-state index in [1.807, 2.05) is 13.0 Å². The Kier molecular flexibility index (Phi) is 5.37. The lowest BCUT2D eigenvalue weighted by molar-refractivity contribution is -0.115. The molecule has 2 N–H and O–H groups in total. The molecule has 0 saturated carbocycles. The number of aromatic nitrogens is 1. The average Bonchev–Trinajstić information content (AvgIpc) is 3.33. The highest BCUT2D eigenvalue weighted by molar-refractivity contribution is 7.14. The van der Waals surface area contributed by atoms with Crippen LogP contribution in [0.5, 0.6) is 11.5 Å². The van der Waals surface area contributed by atoms with Gasteiger partial charge in [0.25, 0.3) is 5.91 Å². The van der Waals surface area contributed by atoms with E-state index in [1.54, 1.807) is 35.7 Å². The van der Waals surface area contributed by atoms with E-state index < -0.39 is 0 Å². The summed E-state index contributed by atoms with van der Waals surface area (Å²) in [5.41, 5.74) is 2.57. The van der Waals surface area contributed by atoms with E-state index >= 15 is 0 Å². The number of benzene rings is 2. The quantitative estimate of drug-likeness (QED) is 0.632. The highest BCUT2D eigenvalue weighted by atomic mass is 35.5. The maximum absolute atomic E-state index is 12.4. The Morgan fingerprint density at radius 1 is 1.14 bits per heavy atom. The number of nitrogens with one attached hydrogen (secondary N) is 2. The summed E-state index contributed by atoms with van der Waals surface area (Å²) in [6, 6.07) is 10.3. The number of carbonyl (C=O) groups excluding carboxylic acids is 2. The summed E-state index contributed by atoms with van der Waals surface area (Å²) in [5, 5.41) is 8.26. The number of rotatable bonds is 5. The highest BCUT2D eigenvalue weighted by Gasteiger charge is 2.17. The standard InChI is InChI=1S/C20H16ClN3O4S/c1-11-2-4-13(21)7-15(11)23-18(25)8-14-9-29-20(22-14)24-19(26)12-3-5-16-17(6-12)28-10-27-16/h2-7,9H,8,10H2,1H3,(H,23,25)(H,22,24,26). The molecule has 2 amide bonds. The summed E-state index contributed by atoms with van der Waals surface area (Å²) in [5.74, 6) is 0.613. The smallest absolute Gasteiger partial charge is 0.257 e. The topological polar surface area (TPSA) is 89.6 Å². The highest BCUT2D eigenvalue weighted by Crippen LogP contribution is 2.32. The Hall–Kier alpha value is -3.10. The molecule has 0 radical (unpaired) electrons. The number of hydrogen-bond donors (Lipinski definition) is 2. The molecule has 148 valence electrons. The molecule has 29 heavy (non-hydrogen) atoms. The van der Waals surface area contributed by atoms with Gasteiger partial charge in [0.2, 0.25) is 12.7 Å². The fourth-order valence-corrected chi connectivity index (χ4v) is 3.62. The molecule has 2 aromatic carbocycles. The van der Waals surface area contributed by atoms with Crippen LogP contribution in [0.25, 0.3) is 0 Å². The van der Waals surface area contributed by atoms with E-state index in [0.29, 0.717) is 38.6 Å². The second kappa shape index (κ2) is 8.10. The predicted octanol–water partition coefficient (Wildman–Crippen LogP) is 4.27. The number of hydrogen-bond acceptors (Lipinski definition) is 6. The van der Waals surface area contributed by atoms with Crippen molar-refractivity contribution in [3.8, 4) is 11.5 Å². The van der Waals surface area contributed by atoms with Crippen molar-refractivity contribution in [2.45, 2.75) is 13.3 Å². The Bertz CT molecular complexity index is 1100. The Morgan fingerprint density at radius 3 is 2.83 bits per heavy atom. The van der Waals surface area contributed by atoms with E-state index in [4.69, 9.17) is 21.1 Å². The number of carbonyl (C=O) groups is 2. The molecule has 0 aliphatic carbocycles. The molecular formula is C20H16ClN3O4S. The molecule has 0 unspecified atom stereocenters. The zero-order valence-corrected chi connectivity index (χ0v) is 16.9. The van der Waals surface area contributed by atoms with E-state index in [1.165, 1.54) is 11.3 Å². The van der Waals surface area contributed by atoms with E-state index in [9.17, 15) is 9.59 Å². The largest absolute Gasteiger partial charge is 0.454 e. The predicted molar refractivity (Wildman–Crippen MR) is 111 cm³/mol. The van der Waals surface area contributed by atoms with Crippen LogP contribution >= 0.6 is 22.9 Å². The summed E-state index contributed by atoms with van der Waals surface area (Å²) in [6.45, 7) is 2.03. The van der Waals surface area contributed by atoms with Gasteiger partial charge in [-0.1, -0.05) is 17.7 Å². The third-order valence-electron chi connectivity index (χ3n) is 4.22. The molecular weight excluding hydrogens is 414 g/mol. The van der Waals surface area contributed by atoms with Crippen molar-refractivity contribution < 1.29 is 19.1 Å². The van der Waals surface area contributed by atoms with Gasteiger partial charge in [-0.05, 0) is 42.8 Å². The molecule has 7 nitrogen and oxygen atoms in total. The van der Waals surface area contributed by atoms with E-state index in [-0.39, 0.29) is 25.0 Å². The molecule has 2 heterocycles. The van der Waals surface area contributed by atoms with Gasteiger partial charge in [-0.25, -0.2) is 4.98 Å². The van der Waals surface area contributed by atoms with Gasteiger partial charge in [-0.2, -0.15) is 0 Å². The molecule has 1 aliphatic heterocycles. The molecule has 9 heteroatoms. The van der Waals surface area contributed by atoms with Crippen LogP contribution in [0.3, 0.4) is 0 Å². The minimum atomic E-state index is -0.316. The maximum Gasteiger partial charge on any atom is 0.257 e. The first-order valence-corrected chi connectivity index (χ1v) is 9.95. The zero-order chi connectivity index (χ0) is 20.4. The van der Waals surface area contributed by atoms with E-state index in [2.05, 4.69) is 15.6 Å². The van der Waals surface area contributed by atoms with Gasteiger partial charge in [0.15, 0.2) is 16.6 Å². The number of halogens is 1. The number of aryl methyl sites for hydroxylation is 1. The number of thiazole rings is 1. The first-order valence-electron chi connectivity index (χ1n) is 8.69. The van der Waals surface area contributed by atoms with Gasteiger partial charge in [0, 0.05) is 21.7 Å². The summed E-state index contributed by atoms with van der Waals surface area (Å²) >= 11 is 7.23. The van der Waals surface area contributed by atoms with Crippen molar-refractivity contribution in [1.82, 2.24) is 4.98 Å². The molecule has 3 aromatic rings. The van der Waals surface area contributed by atoms with Crippen molar-refractivity contribution in [1.29, 1.82) is 0 Å². The van der Waals surface area contributed by atoms with Crippen molar-refractivity contribution in [3.63, 3.8) is 0 Å². The van der Waals surface area contributed by atoms with Crippen LogP contribution in [-0.4, -0.2) is 23.6 Å². The third-order valence-corrected chi connectivity index (χ3v) is 5.26. The summed E-state index contributed by atoms with van der Waals surface area (Å²) < 4.78 is 10.5. The lowest BCUT2D eigenvalue weighted by atomic mass is 10.2. The summed E-state index contributed by atoms with van der Waals surface area (Å²) in [4.78, 5) is 29.0. The molecule has 1 aromatic heterocycles. The van der Waals surface area contributed by atoms with Crippen molar-refractivity contribution in [3.05, 3.63) is 63.6 Å². The van der Waals surface area contributed by atoms with Gasteiger partial charge in [-0.3, -0.25) is 14.9 Å². The molecule has 0 saturated heterocycles. The van der Waals surface area contributed by atoms with Crippen molar-refractivity contribution >= 4 is 45.6 Å². The van der Waals surface area contributed by atoms with Crippen LogP contribution in [0, 0.1) is 6.92 Å². The second-order valence-electron chi connectivity index (χ2n) is 6.35. The summed E-state index contributed by atoms with van der Waals surface area (Å²) in [7, 11) is 0. The van der Waals surface area contributed by atoms with Crippen molar-refractivity contribution in [2.24, 2.45) is 0 Å². The first-order chi connectivity index (χ1) is 14.0. The zero-order valence-electron chi connectivity index (χ0n) is 15.3. The number of amides is 2. The van der Waals surface area contributed by atoms with Crippen LogP contribution in [0.4, 0.5) is 10.8 Å². The number of fused-ring (bicyclic) bond motifs is 1. The lowest BCUT2D eigenvalue weighted by Crippen LogP contribution is -2.16. The van der Waals surface area contributed by atoms with Crippen LogP contribution in [0.1, 0.15) is 21.6 Å². The van der Waals surface area contributed by atoms with Crippen LogP contribution in [-0.2, 0) is 11.2 Å². The number of anilines is 2. The SMILES string of the molecule is Cc1ccc(Cl)cc1NC(=O)Cc1csc(NC(=O)c2ccc3c(c2)OCO3)n1. The Balaban J connectivity index is 1.37. The maximum atomic E-state index is 12.4. The first kappa shape index (κ1) is 19.2. The van der Waals surface area contributed by atoms with Gasteiger partial charge in [0.05, 0.1) is 12.1 Å².